The van der Waals surface area contributed by atoms with Gasteiger partial charge in [0.05, 0.1) is 19.8 Å². The zero-order valence-corrected chi connectivity index (χ0v) is 21.6. The van der Waals surface area contributed by atoms with Crippen LogP contribution in [0.4, 0.5) is 4.79 Å². The molecule has 1 N–H and O–H groups in total. The normalized spacial score (nSPS) is 19.3. The van der Waals surface area contributed by atoms with Crippen molar-refractivity contribution in [3.8, 4) is 0 Å². The van der Waals surface area contributed by atoms with E-state index in [-0.39, 0.29) is 12.5 Å². The summed E-state index contributed by atoms with van der Waals surface area (Å²) in [4.78, 5) is 40.7. The number of nitrogens with one attached hydrogen (secondary N) is 1. The zero-order valence-electron chi connectivity index (χ0n) is 21.6. The van der Waals surface area contributed by atoms with Gasteiger partial charge >= 0.3 is 12.1 Å². The van der Waals surface area contributed by atoms with Crippen molar-refractivity contribution < 1.29 is 28.6 Å². The molecule has 0 radical (unpaired) electrons. The molecule has 1 aliphatic rings. The Morgan fingerprint density at radius 2 is 1.64 bits per heavy atom. The second kappa shape index (κ2) is 12.0. The van der Waals surface area contributed by atoms with Crippen LogP contribution < -0.4 is 5.32 Å². The second-order valence-corrected chi connectivity index (χ2v) is 10.00. The quantitative estimate of drug-likeness (QED) is 0.555. The number of benzene rings is 2. The third-order valence-corrected chi connectivity index (χ3v) is 6.09. The first-order valence-corrected chi connectivity index (χ1v) is 12.2. The molecular formula is C28H36N2O6. The van der Waals surface area contributed by atoms with Crippen LogP contribution in [0, 0.1) is 0 Å². The highest BCUT2D eigenvalue weighted by Crippen LogP contribution is 2.33. The average molecular weight is 497 g/mol. The van der Waals surface area contributed by atoms with E-state index in [0.717, 1.165) is 11.1 Å². The van der Waals surface area contributed by atoms with Gasteiger partial charge in [0.2, 0.25) is 5.91 Å². The smallest absolute Gasteiger partial charge is 0.408 e. The molecule has 1 fully saturated rings. The number of esters is 1. The summed E-state index contributed by atoms with van der Waals surface area (Å²) in [6.07, 6.45) is -0.996. The fourth-order valence-electron chi connectivity index (χ4n) is 4.30. The first kappa shape index (κ1) is 27.2. The molecule has 2 aromatic rings. The van der Waals surface area contributed by atoms with Crippen LogP contribution >= 0.6 is 0 Å². The maximum Gasteiger partial charge on any atom is 0.408 e. The van der Waals surface area contributed by atoms with Crippen LogP contribution in [0.1, 0.15) is 51.2 Å². The molecule has 4 atom stereocenters. The predicted molar refractivity (Wildman–Crippen MR) is 135 cm³/mol. The molecule has 0 unspecified atom stereocenters. The largest absolute Gasteiger partial charge is 0.467 e. The summed E-state index contributed by atoms with van der Waals surface area (Å²) in [5, 5.41) is 2.69. The van der Waals surface area contributed by atoms with E-state index in [2.05, 4.69) is 5.32 Å². The Labute approximate surface area is 212 Å². The van der Waals surface area contributed by atoms with Gasteiger partial charge in [0.1, 0.15) is 17.7 Å². The number of carbonyl (C=O) groups is 3. The molecule has 1 aliphatic heterocycles. The minimum Gasteiger partial charge on any atom is -0.467 e. The predicted octanol–water partition coefficient (Wildman–Crippen LogP) is 4.04. The molecule has 36 heavy (non-hydrogen) atoms. The lowest BCUT2D eigenvalue weighted by atomic mass is 9.96. The lowest BCUT2D eigenvalue weighted by Crippen LogP contribution is -2.57. The highest BCUT2D eigenvalue weighted by molar-refractivity contribution is 5.91. The Bertz CT molecular complexity index is 1020. The van der Waals surface area contributed by atoms with Crippen molar-refractivity contribution in [1.82, 2.24) is 10.2 Å². The zero-order chi connectivity index (χ0) is 26.3. The van der Waals surface area contributed by atoms with E-state index >= 15 is 0 Å². The van der Waals surface area contributed by atoms with E-state index in [9.17, 15) is 14.4 Å². The molecule has 2 aromatic carbocycles. The van der Waals surface area contributed by atoms with Gasteiger partial charge in [0, 0.05) is 12.5 Å². The van der Waals surface area contributed by atoms with Gasteiger partial charge < -0.3 is 24.4 Å². The topological polar surface area (TPSA) is 94.2 Å². The van der Waals surface area contributed by atoms with Gasteiger partial charge in [0.15, 0.2) is 0 Å². The van der Waals surface area contributed by atoms with Gasteiger partial charge in [-0.1, -0.05) is 60.7 Å². The fraction of sp³-hybridized carbons (Fsp3) is 0.464. The van der Waals surface area contributed by atoms with Gasteiger partial charge in [-0.2, -0.15) is 0 Å². The first-order valence-electron chi connectivity index (χ1n) is 12.2. The van der Waals surface area contributed by atoms with Crippen molar-refractivity contribution in [2.75, 3.05) is 13.7 Å². The number of ether oxygens (including phenoxy) is 3. The van der Waals surface area contributed by atoms with Crippen molar-refractivity contribution in [2.24, 2.45) is 0 Å². The number of carbonyl (C=O) groups excluding carboxylic acids is 3. The van der Waals surface area contributed by atoms with E-state index in [4.69, 9.17) is 14.2 Å². The van der Waals surface area contributed by atoms with Gasteiger partial charge in [0.25, 0.3) is 0 Å². The number of rotatable bonds is 8. The third-order valence-electron chi connectivity index (χ3n) is 6.09. The van der Waals surface area contributed by atoms with Crippen molar-refractivity contribution in [3.63, 3.8) is 0 Å². The molecule has 0 aliphatic carbocycles. The van der Waals surface area contributed by atoms with E-state index in [0.29, 0.717) is 13.0 Å². The summed E-state index contributed by atoms with van der Waals surface area (Å²) < 4.78 is 16.4. The molecule has 2 amide bonds. The van der Waals surface area contributed by atoms with Crippen molar-refractivity contribution in [3.05, 3.63) is 71.8 Å². The Hall–Kier alpha value is -3.39. The summed E-state index contributed by atoms with van der Waals surface area (Å²) in [7, 11) is 1.31. The molecule has 8 heteroatoms. The summed E-state index contributed by atoms with van der Waals surface area (Å²) in [5.41, 5.74) is 1.23. The van der Waals surface area contributed by atoms with E-state index in [1.807, 2.05) is 60.7 Å². The van der Waals surface area contributed by atoms with Gasteiger partial charge in [-0.3, -0.25) is 4.79 Å². The van der Waals surface area contributed by atoms with Crippen molar-refractivity contribution in [2.45, 2.75) is 70.4 Å². The maximum atomic E-state index is 13.9. The van der Waals surface area contributed by atoms with Gasteiger partial charge in [-0.25, -0.2) is 9.59 Å². The fourth-order valence-corrected chi connectivity index (χ4v) is 4.30. The first-order chi connectivity index (χ1) is 17.1. The SMILES string of the molecule is COC(=O)[C@H]1C[C@@H](c2ccccc2)CN1C(=O)[C@@H](NC(=O)OC(C)(C)C)[C@@H](C)OCc1ccccc1. The maximum absolute atomic E-state index is 13.9. The van der Waals surface area contributed by atoms with Crippen LogP contribution in [0.25, 0.3) is 0 Å². The summed E-state index contributed by atoms with van der Waals surface area (Å²) in [6.45, 7) is 7.54. The van der Waals surface area contributed by atoms with Gasteiger partial charge in [-0.05, 0) is 45.2 Å². The number of amides is 2. The summed E-state index contributed by atoms with van der Waals surface area (Å²) >= 11 is 0. The standard InChI is InChI=1S/C28H36N2O6/c1-19(35-18-20-12-8-6-9-13-20)24(29-27(33)36-28(2,3)4)25(31)30-17-22(16-23(30)26(32)34-5)21-14-10-7-11-15-21/h6-15,19,22-24H,16-18H2,1-5H3,(H,29,33)/t19-,22-,23-,24+/m1/s1. The Kier molecular flexibility index (Phi) is 9.09. The molecule has 194 valence electrons. The molecule has 0 aromatic heterocycles. The number of likely N-dealkylation sites (tertiary alicyclic amines) is 1. The molecule has 0 spiro atoms. The molecular weight excluding hydrogens is 460 g/mol. The lowest BCUT2D eigenvalue weighted by molar-refractivity contribution is -0.153. The lowest BCUT2D eigenvalue weighted by Gasteiger charge is -2.31. The monoisotopic (exact) mass is 496 g/mol. The van der Waals surface area contributed by atoms with Crippen LogP contribution in [-0.4, -0.2) is 60.3 Å². The molecule has 0 bridgehead atoms. The van der Waals surface area contributed by atoms with E-state index < -0.39 is 41.8 Å². The highest BCUT2D eigenvalue weighted by atomic mass is 16.6. The highest BCUT2D eigenvalue weighted by Gasteiger charge is 2.44. The summed E-state index contributed by atoms with van der Waals surface area (Å²) in [5.74, 6) is -0.951. The van der Waals surface area contributed by atoms with Crippen molar-refractivity contribution >= 4 is 18.0 Å². The van der Waals surface area contributed by atoms with E-state index in [1.54, 1.807) is 27.7 Å². The minimum absolute atomic E-state index is 0.0398. The average Bonchev–Trinajstić information content (AvgIpc) is 3.31. The molecule has 1 heterocycles. The summed E-state index contributed by atoms with van der Waals surface area (Å²) in [6, 6.07) is 17.5. The molecule has 3 rings (SSSR count). The van der Waals surface area contributed by atoms with Crippen LogP contribution in [-0.2, 0) is 30.4 Å². The van der Waals surface area contributed by atoms with E-state index in [1.165, 1.54) is 12.0 Å². The number of alkyl carbamates (subject to hydrolysis) is 1. The molecule has 0 saturated carbocycles. The van der Waals surface area contributed by atoms with Crippen molar-refractivity contribution in [1.29, 1.82) is 0 Å². The minimum atomic E-state index is -1.06. The number of methoxy groups -OCH3 is 1. The Morgan fingerprint density at radius 3 is 2.22 bits per heavy atom. The molecule has 1 saturated heterocycles. The molecule has 8 nitrogen and oxygen atoms in total. The number of hydrogen-bond acceptors (Lipinski definition) is 6. The third kappa shape index (κ3) is 7.31. The number of hydrogen-bond donors (Lipinski definition) is 1. The van der Waals surface area contributed by atoms with Gasteiger partial charge in [-0.15, -0.1) is 0 Å². The number of nitrogens with zero attached hydrogens (tertiary/aromatic N) is 1. The Morgan fingerprint density at radius 1 is 1.03 bits per heavy atom. The second-order valence-electron chi connectivity index (χ2n) is 10.00. The Balaban J connectivity index is 1.83. The van der Waals surface area contributed by atoms with Crippen LogP contribution in [0.2, 0.25) is 0 Å². The van der Waals surface area contributed by atoms with Crippen LogP contribution in [0.3, 0.4) is 0 Å². The van der Waals surface area contributed by atoms with Crippen LogP contribution in [0.15, 0.2) is 60.7 Å². The van der Waals surface area contributed by atoms with Crippen LogP contribution in [0.5, 0.6) is 0 Å².